The molecule has 1 N–H and O–H groups in total. The van der Waals surface area contributed by atoms with Crippen LogP contribution in [0.15, 0.2) is 18.2 Å². The number of nitrogens with one attached hydrogen (secondary N) is 1. The summed E-state index contributed by atoms with van der Waals surface area (Å²) in [4.78, 5) is 2.57. The minimum absolute atomic E-state index is 0.244. The van der Waals surface area contributed by atoms with Gasteiger partial charge in [-0.2, -0.15) is 0 Å². The molecule has 21 heavy (non-hydrogen) atoms. The number of benzene rings is 1. The topological polar surface area (TPSA) is 15.3 Å². The lowest BCUT2D eigenvalue weighted by molar-refractivity contribution is 0.0517. The van der Waals surface area contributed by atoms with E-state index in [1.54, 1.807) is 12.1 Å². The van der Waals surface area contributed by atoms with E-state index >= 15 is 0 Å². The number of fused-ring (bicyclic) bond motifs is 2. The lowest BCUT2D eigenvalue weighted by Gasteiger charge is -2.49. The fourth-order valence-electron chi connectivity index (χ4n) is 3.93. The fraction of sp³-hybridized carbons (Fsp3) is 0.647. The molecule has 2 fully saturated rings. The molecule has 1 aromatic carbocycles. The standard InChI is InChI=1S/C17H24ClFN2/c1-11(2)21-9-12-5-3-6-13(10-21)16(12)20-17-14(18)7-4-8-15(17)19/h4,7-8,11-13,16,20H,3,5-6,9-10H2,1-2H3. The van der Waals surface area contributed by atoms with Crippen molar-refractivity contribution in [2.45, 2.75) is 45.2 Å². The number of para-hydroxylation sites is 1. The molecule has 2 bridgehead atoms. The van der Waals surface area contributed by atoms with E-state index in [0.29, 0.717) is 34.6 Å². The van der Waals surface area contributed by atoms with Gasteiger partial charge in [0.25, 0.3) is 0 Å². The SMILES string of the molecule is CC(C)N1CC2CCCC(C1)C2Nc1c(F)cccc1Cl. The maximum atomic E-state index is 14.0. The van der Waals surface area contributed by atoms with Crippen molar-refractivity contribution >= 4 is 17.3 Å². The zero-order valence-corrected chi connectivity index (χ0v) is 13.5. The summed E-state index contributed by atoms with van der Waals surface area (Å²) in [5, 5.41) is 3.93. The van der Waals surface area contributed by atoms with Crippen LogP contribution in [0, 0.1) is 17.7 Å². The van der Waals surface area contributed by atoms with Gasteiger partial charge in [-0.15, -0.1) is 0 Å². The summed E-state index contributed by atoms with van der Waals surface area (Å²) in [6.07, 6.45) is 3.75. The van der Waals surface area contributed by atoms with Crippen molar-refractivity contribution < 1.29 is 4.39 Å². The van der Waals surface area contributed by atoms with Gasteiger partial charge in [-0.05, 0) is 50.7 Å². The second-order valence-corrected chi connectivity index (χ2v) is 7.17. The number of halogens is 2. The van der Waals surface area contributed by atoms with Crippen molar-refractivity contribution in [3.63, 3.8) is 0 Å². The molecule has 0 aromatic heterocycles. The molecular weight excluding hydrogens is 287 g/mol. The molecule has 1 saturated heterocycles. The molecule has 2 aliphatic rings. The van der Waals surface area contributed by atoms with Gasteiger partial charge in [-0.25, -0.2) is 4.39 Å². The van der Waals surface area contributed by atoms with Crippen LogP contribution < -0.4 is 5.32 Å². The van der Waals surface area contributed by atoms with Gasteiger partial charge in [0.05, 0.1) is 10.7 Å². The number of nitrogens with zero attached hydrogens (tertiary/aromatic N) is 1. The van der Waals surface area contributed by atoms with E-state index < -0.39 is 0 Å². The maximum Gasteiger partial charge on any atom is 0.147 e. The van der Waals surface area contributed by atoms with Crippen molar-refractivity contribution in [3.05, 3.63) is 29.0 Å². The Morgan fingerprint density at radius 2 is 1.90 bits per heavy atom. The Morgan fingerprint density at radius 1 is 1.24 bits per heavy atom. The molecule has 4 heteroatoms. The van der Waals surface area contributed by atoms with Gasteiger partial charge in [-0.3, -0.25) is 0 Å². The van der Waals surface area contributed by atoms with Crippen LogP contribution in [-0.2, 0) is 0 Å². The summed E-state index contributed by atoms with van der Waals surface area (Å²) in [6.45, 7) is 6.74. The van der Waals surface area contributed by atoms with Gasteiger partial charge in [0.15, 0.2) is 0 Å². The van der Waals surface area contributed by atoms with Crippen molar-refractivity contribution in [1.82, 2.24) is 4.90 Å². The zero-order chi connectivity index (χ0) is 15.0. The van der Waals surface area contributed by atoms with E-state index in [-0.39, 0.29) is 5.82 Å². The van der Waals surface area contributed by atoms with Crippen molar-refractivity contribution in [1.29, 1.82) is 0 Å². The van der Waals surface area contributed by atoms with E-state index in [9.17, 15) is 4.39 Å². The van der Waals surface area contributed by atoms with Crippen LogP contribution in [0.25, 0.3) is 0 Å². The number of hydrogen-bond donors (Lipinski definition) is 1. The molecule has 0 spiro atoms. The monoisotopic (exact) mass is 310 g/mol. The summed E-state index contributed by atoms with van der Waals surface area (Å²) >= 11 is 6.17. The normalized spacial score (nSPS) is 29.7. The first kappa shape index (κ1) is 15.1. The zero-order valence-electron chi connectivity index (χ0n) is 12.8. The number of hydrogen-bond acceptors (Lipinski definition) is 2. The van der Waals surface area contributed by atoms with Crippen molar-refractivity contribution in [2.75, 3.05) is 18.4 Å². The molecular formula is C17H24ClFN2. The number of rotatable bonds is 3. The molecule has 3 rings (SSSR count). The highest BCUT2D eigenvalue weighted by Crippen LogP contribution is 2.38. The highest BCUT2D eigenvalue weighted by Gasteiger charge is 2.40. The molecule has 0 amide bonds. The molecule has 1 heterocycles. The highest BCUT2D eigenvalue weighted by atomic mass is 35.5. The Kier molecular flexibility index (Phi) is 4.41. The van der Waals surface area contributed by atoms with Crippen LogP contribution in [0.3, 0.4) is 0 Å². The largest absolute Gasteiger partial charge is 0.378 e. The Hall–Kier alpha value is -0.800. The smallest absolute Gasteiger partial charge is 0.147 e. The van der Waals surface area contributed by atoms with Crippen LogP contribution >= 0.6 is 11.6 Å². The van der Waals surface area contributed by atoms with Gasteiger partial charge >= 0.3 is 0 Å². The fourth-order valence-corrected chi connectivity index (χ4v) is 4.15. The first-order chi connectivity index (χ1) is 10.1. The molecule has 1 aliphatic carbocycles. The van der Waals surface area contributed by atoms with Crippen LogP contribution in [0.5, 0.6) is 0 Å². The van der Waals surface area contributed by atoms with E-state index in [1.165, 1.54) is 25.3 Å². The first-order valence-electron chi connectivity index (χ1n) is 8.01. The molecule has 1 aliphatic heterocycles. The lowest BCUT2D eigenvalue weighted by Crippen LogP contribution is -2.56. The highest BCUT2D eigenvalue weighted by molar-refractivity contribution is 6.33. The van der Waals surface area contributed by atoms with Crippen LogP contribution in [0.1, 0.15) is 33.1 Å². The average Bonchev–Trinajstić information content (AvgIpc) is 2.42. The van der Waals surface area contributed by atoms with E-state index in [1.807, 2.05) is 0 Å². The molecule has 1 saturated carbocycles. The molecule has 0 radical (unpaired) electrons. The lowest BCUT2D eigenvalue weighted by atomic mass is 9.73. The first-order valence-corrected chi connectivity index (χ1v) is 8.38. The summed E-state index contributed by atoms with van der Waals surface area (Å²) in [7, 11) is 0. The second kappa shape index (κ2) is 6.13. The Morgan fingerprint density at radius 3 is 2.48 bits per heavy atom. The van der Waals surface area contributed by atoms with Gasteiger partial charge in [0.1, 0.15) is 5.82 Å². The molecule has 2 nitrogen and oxygen atoms in total. The predicted molar refractivity (Wildman–Crippen MR) is 86.4 cm³/mol. The minimum Gasteiger partial charge on any atom is -0.378 e. The van der Waals surface area contributed by atoms with Crippen LogP contribution in [-0.4, -0.2) is 30.1 Å². The summed E-state index contributed by atoms with van der Waals surface area (Å²) in [5.41, 5.74) is 0.485. The van der Waals surface area contributed by atoms with Gasteiger partial charge < -0.3 is 10.2 Å². The Balaban J connectivity index is 1.80. The molecule has 2 atom stereocenters. The quantitative estimate of drug-likeness (QED) is 0.890. The second-order valence-electron chi connectivity index (χ2n) is 6.77. The van der Waals surface area contributed by atoms with Crippen LogP contribution in [0.2, 0.25) is 5.02 Å². The van der Waals surface area contributed by atoms with Crippen LogP contribution in [0.4, 0.5) is 10.1 Å². The predicted octanol–water partition coefficient (Wildman–Crippen LogP) is 4.40. The molecule has 2 unspecified atom stereocenters. The van der Waals surface area contributed by atoms with Crippen molar-refractivity contribution in [3.8, 4) is 0 Å². The summed E-state index contributed by atoms with van der Waals surface area (Å²) in [6, 6.07) is 5.83. The van der Waals surface area contributed by atoms with E-state index in [4.69, 9.17) is 11.6 Å². The van der Waals surface area contributed by atoms with Gasteiger partial charge in [0, 0.05) is 25.2 Å². The average molecular weight is 311 g/mol. The third-order valence-electron chi connectivity index (χ3n) is 5.11. The minimum atomic E-state index is -0.244. The summed E-state index contributed by atoms with van der Waals surface area (Å²) < 4.78 is 14.0. The Bertz CT molecular complexity index is 471. The third kappa shape index (κ3) is 3.04. The Labute approximate surface area is 131 Å². The van der Waals surface area contributed by atoms with Crippen molar-refractivity contribution in [2.24, 2.45) is 11.8 Å². The van der Waals surface area contributed by atoms with Gasteiger partial charge in [0.2, 0.25) is 0 Å². The van der Waals surface area contributed by atoms with E-state index in [2.05, 4.69) is 24.1 Å². The molecule has 116 valence electrons. The van der Waals surface area contributed by atoms with E-state index in [0.717, 1.165) is 13.1 Å². The number of piperidine rings is 1. The number of likely N-dealkylation sites (tertiary alicyclic amines) is 1. The van der Waals surface area contributed by atoms with Gasteiger partial charge in [-0.1, -0.05) is 24.1 Å². The third-order valence-corrected chi connectivity index (χ3v) is 5.42. The summed E-state index contributed by atoms with van der Waals surface area (Å²) in [5.74, 6) is 0.943. The number of anilines is 1. The molecule has 1 aromatic rings. The maximum absolute atomic E-state index is 14.0.